The summed E-state index contributed by atoms with van der Waals surface area (Å²) < 4.78 is 0. The fourth-order valence-corrected chi connectivity index (χ4v) is 3.48. The number of nitrogens with one attached hydrogen (secondary N) is 3. The van der Waals surface area contributed by atoms with E-state index in [-0.39, 0.29) is 5.56 Å². The first-order valence-electron chi connectivity index (χ1n) is 8.53. The zero-order valence-electron chi connectivity index (χ0n) is 15.2. The van der Waals surface area contributed by atoms with Crippen molar-refractivity contribution in [3.05, 3.63) is 69.2 Å². The van der Waals surface area contributed by atoms with E-state index in [4.69, 9.17) is 23.2 Å². The van der Waals surface area contributed by atoms with Gasteiger partial charge in [0.25, 0.3) is 5.56 Å². The van der Waals surface area contributed by atoms with Crippen molar-refractivity contribution in [1.29, 1.82) is 0 Å². The van der Waals surface area contributed by atoms with Crippen LogP contribution in [0.3, 0.4) is 0 Å². The van der Waals surface area contributed by atoms with E-state index in [2.05, 4.69) is 20.3 Å². The van der Waals surface area contributed by atoms with Gasteiger partial charge in [0.2, 0.25) is 0 Å². The molecule has 1 aromatic carbocycles. The summed E-state index contributed by atoms with van der Waals surface area (Å²) in [6.45, 7) is 0. The zero-order valence-corrected chi connectivity index (χ0v) is 16.7. The van der Waals surface area contributed by atoms with Crippen LogP contribution in [-0.2, 0) is 0 Å². The van der Waals surface area contributed by atoms with Gasteiger partial charge in [0.05, 0.1) is 16.9 Å². The molecule has 0 amide bonds. The number of halogens is 2. The Labute approximate surface area is 171 Å². The average molecular weight is 414 g/mol. The SMILES string of the molecule is CN(C)c1[nH]c(=O)c(-c2cc(Cl)ccc2Cl)cc1Nc1ccnc2[nH]ccc12. The molecule has 0 radical (unpaired) electrons. The highest BCUT2D eigenvalue weighted by molar-refractivity contribution is 6.35. The summed E-state index contributed by atoms with van der Waals surface area (Å²) in [5, 5.41) is 5.31. The molecule has 4 rings (SSSR count). The van der Waals surface area contributed by atoms with Gasteiger partial charge in [-0.05, 0) is 36.4 Å². The first-order valence-corrected chi connectivity index (χ1v) is 9.29. The summed E-state index contributed by atoms with van der Waals surface area (Å²) in [5.74, 6) is 0.646. The van der Waals surface area contributed by atoms with E-state index >= 15 is 0 Å². The number of pyridine rings is 2. The van der Waals surface area contributed by atoms with Crippen molar-refractivity contribution in [2.75, 3.05) is 24.3 Å². The monoisotopic (exact) mass is 413 g/mol. The van der Waals surface area contributed by atoms with Gasteiger partial charge in [0.15, 0.2) is 0 Å². The largest absolute Gasteiger partial charge is 0.362 e. The van der Waals surface area contributed by atoms with E-state index in [0.717, 1.165) is 22.4 Å². The van der Waals surface area contributed by atoms with Gasteiger partial charge < -0.3 is 20.2 Å². The predicted octanol–water partition coefficient (Wildman–Crippen LogP) is 5.03. The third-order valence-electron chi connectivity index (χ3n) is 4.42. The highest BCUT2D eigenvalue weighted by atomic mass is 35.5. The summed E-state index contributed by atoms with van der Waals surface area (Å²) in [5.41, 5.74) is 3.12. The highest BCUT2D eigenvalue weighted by Gasteiger charge is 2.15. The zero-order chi connectivity index (χ0) is 19.8. The maximum atomic E-state index is 12.8. The van der Waals surface area contributed by atoms with E-state index in [0.29, 0.717) is 27.0 Å². The number of aromatic nitrogens is 3. The van der Waals surface area contributed by atoms with Crippen LogP contribution in [0, 0.1) is 0 Å². The van der Waals surface area contributed by atoms with Crippen LogP contribution >= 0.6 is 23.2 Å². The molecule has 0 saturated heterocycles. The number of fused-ring (bicyclic) bond motifs is 1. The molecule has 6 nitrogen and oxygen atoms in total. The number of nitrogens with zero attached hydrogens (tertiary/aromatic N) is 2. The maximum Gasteiger partial charge on any atom is 0.257 e. The summed E-state index contributed by atoms with van der Waals surface area (Å²) >= 11 is 12.4. The Bertz CT molecular complexity index is 1230. The number of hydrogen-bond donors (Lipinski definition) is 3. The molecule has 8 heteroatoms. The number of H-pyrrole nitrogens is 2. The van der Waals surface area contributed by atoms with E-state index in [1.165, 1.54) is 0 Å². The second-order valence-electron chi connectivity index (χ2n) is 6.52. The summed E-state index contributed by atoms with van der Waals surface area (Å²) in [6.07, 6.45) is 3.55. The van der Waals surface area contributed by atoms with Crippen LogP contribution in [0.2, 0.25) is 10.0 Å². The fraction of sp³-hybridized carbons (Fsp3) is 0.100. The van der Waals surface area contributed by atoms with E-state index in [1.54, 1.807) is 30.5 Å². The van der Waals surface area contributed by atoms with Gasteiger partial charge in [0, 0.05) is 47.5 Å². The number of anilines is 3. The molecule has 0 atom stereocenters. The van der Waals surface area contributed by atoms with Gasteiger partial charge in [0.1, 0.15) is 11.5 Å². The van der Waals surface area contributed by atoms with E-state index < -0.39 is 0 Å². The summed E-state index contributed by atoms with van der Waals surface area (Å²) in [6, 6.07) is 10.7. The van der Waals surface area contributed by atoms with Crippen molar-refractivity contribution in [2.45, 2.75) is 0 Å². The van der Waals surface area contributed by atoms with Gasteiger partial charge in [-0.1, -0.05) is 23.2 Å². The van der Waals surface area contributed by atoms with Crippen LogP contribution < -0.4 is 15.8 Å². The smallest absolute Gasteiger partial charge is 0.257 e. The minimum atomic E-state index is -0.250. The second kappa shape index (κ2) is 7.22. The lowest BCUT2D eigenvalue weighted by atomic mass is 10.1. The molecule has 3 aromatic heterocycles. The molecule has 0 aliphatic rings. The van der Waals surface area contributed by atoms with Crippen molar-refractivity contribution in [2.24, 2.45) is 0 Å². The molecule has 3 heterocycles. The van der Waals surface area contributed by atoms with Crippen molar-refractivity contribution >= 4 is 51.4 Å². The molecule has 0 unspecified atom stereocenters. The molecule has 4 aromatic rings. The quantitative estimate of drug-likeness (QED) is 0.438. The Morgan fingerprint density at radius 2 is 1.86 bits per heavy atom. The normalized spacial score (nSPS) is 11.0. The number of hydrogen-bond acceptors (Lipinski definition) is 4. The molecule has 0 saturated carbocycles. The predicted molar refractivity (Wildman–Crippen MR) is 116 cm³/mol. The fourth-order valence-electron chi connectivity index (χ4n) is 3.09. The van der Waals surface area contributed by atoms with E-state index in [9.17, 15) is 4.79 Å². The van der Waals surface area contributed by atoms with Crippen molar-refractivity contribution in [3.63, 3.8) is 0 Å². The minimum absolute atomic E-state index is 0.250. The van der Waals surface area contributed by atoms with Crippen molar-refractivity contribution < 1.29 is 0 Å². The lowest BCUT2D eigenvalue weighted by molar-refractivity contribution is 1.05. The topological polar surface area (TPSA) is 76.8 Å². The van der Waals surface area contributed by atoms with Crippen LogP contribution in [0.1, 0.15) is 0 Å². The maximum absolute atomic E-state index is 12.8. The molecule has 0 bridgehead atoms. The molecule has 0 spiro atoms. The van der Waals surface area contributed by atoms with Crippen LogP contribution in [0.25, 0.3) is 22.2 Å². The van der Waals surface area contributed by atoms with E-state index in [1.807, 2.05) is 37.3 Å². The van der Waals surface area contributed by atoms with Crippen LogP contribution in [0.4, 0.5) is 17.2 Å². The molecule has 3 N–H and O–H groups in total. The Kier molecular flexibility index (Phi) is 4.75. The van der Waals surface area contributed by atoms with Gasteiger partial charge in [-0.2, -0.15) is 0 Å². The van der Waals surface area contributed by atoms with Crippen LogP contribution in [0.5, 0.6) is 0 Å². The first kappa shape index (κ1) is 18.4. The summed E-state index contributed by atoms with van der Waals surface area (Å²) in [7, 11) is 3.72. The third kappa shape index (κ3) is 3.32. The summed E-state index contributed by atoms with van der Waals surface area (Å²) in [4.78, 5) is 24.9. The first-order chi connectivity index (χ1) is 13.4. The Hall–Kier alpha value is -2.96. The molecule has 0 aliphatic heterocycles. The van der Waals surface area contributed by atoms with Crippen molar-refractivity contribution in [3.8, 4) is 11.1 Å². The molecular weight excluding hydrogens is 397 g/mol. The Morgan fingerprint density at radius 3 is 2.64 bits per heavy atom. The second-order valence-corrected chi connectivity index (χ2v) is 7.36. The lowest BCUT2D eigenvalue weighted by Crippen LogP contribution is -2.19. The number of benzene rings is 1. The molecule has 0 aliphatic carbocycles. The highest BCUT2D eigenvalue weighted by Crippen LogP contribution is 2.34. The van der Waals surface area contributed by atoms with Gasteiger partial charge >= 0.3 is 0 Å². The Balaban J connectivity index is 1.89. The van der Waals surface area contributed by atoms with Gasteiger partial charge in [-0.15, -0.1) is 0 Å². The lowest BCUT2D eigenvalue weighted by Gasteiger charge is -2.19. The average Bonchev–Trinajstić information content (AvgIpc) is 3.14. The minimum Gasteiger partial charge on any atom is -0.362 e. The molecule has 142 valence electrons. The van der Waals surface area contributed by atoms with Crippen LogP contribution in [0.15, 0.2) is 53.6 Å². The van der Waals surface area contributed by atoms with Gasteiger partial charge in [-0.3, -0.25) is 4.79 Å². The van der Waals surface area contributed by atoms with Gasteiger partial charge in [-0.25, -0.2) is 4.98 Å². The standard InChI is InChI=1S/C20H17Cl2N5O/c1-27(2)19-17(25-16-6-8-24-18-12(16)5-7-23-18)10-14(20(28)26-19)13-9-11(21)3-4-15(13)22/h3-10H,1-2H3,(H,26,28)(H2,23,24,25). The third-order valence-corrected chi connectivity index (χ3v) is 4.98. The Morgan fingerprint density at radius 1 is 1.04 bits per heavy atom. The molecule has 28 heavy (non-hydrogen) atoms. The number of aromatic amines is 2. The molecule has 0 fully saturated rings. The van der Waals surface area contributed by atoms with Crippen molar-refractivity contribution in [1.82, 2.24) is 15.0 Å². The molecular formula is C20H17Cl2N5O. The van der Waals surface area contributed by atoms with Crippen LogP contribution in [-0.4, -0.2) is 29.0 Å². The number of rotatable bonds is 4.